The average molecular weight is 233 g/mol. The van der Waals surface area contributed by atoms with Gasteiger partial charge in [-0.25, -0.2) is 4.98 Å². The summed E-state index contributed by atoms with van der Waals surface area (Å²) in [5, 5.41) is 0. The third-order valence-corrected chi connectivity index (χ3v) is 3.68. The molecule has 0 spiro atoms. The summed E-state index contributed by atoms with van der Waals surface area (Å²) in [5.41, 5.74) is 7.14. The van der Waals surface area contributed by atoms with Gasteiger partial charge in [0.05, 0.1) is 0 Å². The molecule has 3 heteroatoms. The lowest BCUT2D eigenvalue weighted by Gasteiger charge is -2.25. The predicted molar refractivity (Wildman–Crippen MR) is 72.1 cm³/mol. The van der Waals surface area contributed by atoms with Crippen molar-refractivity contribution in [1.29, 1.82) is 0 Å². The monoisotopic (exact) mass is 233 g/mol. The van der Waals surface area contributed by atoms with E-state index in [4.69, 9.17) is 5.73 Å². The maximum Gasteiger partial charge on any atom is 0.133 e. The number of pyridine rings is 1. The van der Waals surface area contributed by atoms with Gasteiger partial charge in [0, 0.05) is 31.4 Å². The summed E-state index contributed by atoms with van der Waals surface area (Å²) in [6, 6.07) is 4.09. The van der Waals surface area contributed by atoms with Crippen molar-refractivity contribution in [3.63, 3.8) is 0 Å². The number of rotatable bonds is 4. The minimum absolute atomic E-state index is 0.0460. The van der Waals surface area contributed by atoms with Gasteiger partial charge in [-0.3, -0.25) is 0 Å². The zero-order chi connectivity index (χ0) is 12.3. The van der Waals surface area contributed by atoms with Crippen molar-refractivity contribution in [2.45, 2.75) is 38.6 Å². The molecule has 0 unspecified atom stereocenters. The number of hydrogen-bond acceptors (Lipinski definition) is 3. The fourth-order valence-corrected chi connectivity index (χ4v) is 2.75. The first-order valence-corrected chi connectivity index (χ1v) is 6.60. The smallest absolute Gasteiger partial charge is 0.133 e. The Morgan fingerprint density at radius 2 is 2.18 bits per heavy atom. The molecule has 0 aromatic carbocycles. The third kappa shape index (κ3) is 2.97. The van der Waals surface area contributed by atoms with Gasteiger partial charge in [-0.15, -0.1) is 0 Å². The normalized spacial score (nSPS) is 18.3. The van der Waals surface area contributed by atoms with Crippen LogP contribution in [0.25, 0.3) is 0 Å². The maximum absolute atomic E-state index is 5.99. The molecule has 1 heterocycles. The van der Waals surface area contributed by atoms with Crippen LogP contribution in [0, 0.1) is 5.92 Å². The van der Waals surface area contributed by atoms with Crippen LogP contribution in [-0.2, 0) is 0 Å². The van der Waals surface area contributed by atoms with Crippen molar-refractivity contribution in [2.75, 3.05) is 18.5 Å². The van der Waals surface area contributed by atoms with Crippen molar-refractivity contribution in [3.05, 3.63) is 23.9 Å². The van der Waals surface area contributed by atoms with Gasteiger partial charge in [0.15, 0.2) is 0 Å². The van der Waals surface area contributed by atoms with Gasteiger partial charge < -0.3 is 10.6 Å². The molecule has 0 aliphatic heterocycles. The van der Waals surface area contributed by atoms with Gasteiger partial charge >= 0.3 is 0 Å². The summed E-state index contributed by atoms with van der Waals surface area (Å²) in [6.07, 6.45) is 7.36. The van der Waals surface area contributed by atoms with Crippen LogP contribution >= 0.6 is 0 Å². The number of aromatic nitrogens is 1. The highest BCUT2D eigenvalue weighted by atomic mass is 15.2. The molecule has 1 aliphatic carbocycles. The number of hydrogen-bond donors (Lipinski definition) is 1. The van der Waals surface area contributed by atoms with Crippen LogP contribution in [0.15, 0.2) is 18.3 Å². The number of nitrogens with two attached hydrogens (primary N) is 1. The van der Waals surface area contributed by atoms with E-state index in [9.17, 15) is 0 Å². The summed E-state index contributed by atoms with van der Waals surface area (Å²) in [6.45, 7) is 3.13. The summed E-state index contributed by atoms with van der Waals surface area (Å²) < 4.78 is 0. The van der Waals surface area contributed by atoms with Crippen LogP contribution < -0.4 is 10.6 Å². The van der Waals surface area contributed by atoms with Gasteiger partial charge in [0.2, 0.25) is 0 Å². The second-order valence-electron chi connectivity index (χ2n) is 5.24. The highest BCUT2D eigenvalue weighted by Crippen LogP contribution is 2.28. The van der Waals surface area contributed by atoms with E-state index in [1.807, 2.05) is 19.2 Å². The lowest BCUT2D eigenvalue weighted by atomic mass is 10.1. The highest BCUT2D eigenvalue weighted by Gasteiger charge is 2.19. The fourth-order valence-electron chi connectivity index (χ4n) is 2.75. The molecule has 2 rings (SSSR count). The Kier molecular flexibility index (Phi) is 4.00. The standard InChI is InChI=1S/C14H23N3/c1-11(15)13-8-5-9-16-14(13)17(2)10-12-6-3-4-7-12/h5,8-9,11-12H,3-4,6-7,10,15H2,1-2H3/t11-/m0/s1. The number of anilines is 1. The van der Waals surface area contributed by atoms with Crippen LogP contribution in [0.3, 0.4) is 0 Å². The molecule has 1 atom stereocenters. The molecule has 2 N–H and O–H groups in total. The van der Waals surface area contributed by atoms with Crippen LogP contribution in [0.1, 0.15) is 44.2 Å². The van der Waals surface area contributed by atoms with E-state index in [1.165, 1.54) is 25.7 Å². The largest absolute Gasteiger partial charge is 0.359 e. The van der Waals surface area contributed by atoms with Crippen molar-refractivity contribution < 1.29 is 0 Å². The Bertz CT molecular complexity index is 356. The minimum atomic E-state index is 0.0460. The topological polar surface area (TPSA) is 42.1 Å². The molecule has 94 valence electrons. The molecule has 0 radical (unpaired) electrons. The first-order chi connectivity index (χ1) is 8.18. The molecule has 17 heavy (non-hydrogen) atoms. The van der Waals surface area contributed by atoms with E-state index >= 15 is 0 Å². The molecule has 0 saturated heterocycles. The van der Waals surface area contributed by atoms with Crippen molar-refractivity contribution in [2.24, 2.45) is 11.7 Å². The van der Waals surface area contributed by atoms with E-state index < -0.39 is 0 Å². The fraction of sp³-hybridized carbons (Fsp3) is 0.643. The van der Waals surface area contributed by atoms with Crippen LogP contribution in [0.4, 0.5) is 5.82 Å². The second kappa shape index (κ2) is 5.50. The number of nitrogens with zero attached hydrogens (tertiary/aromatic N) is 2. The lowest BCUT2D eigenvalue weighted by Crippen LogP contribution is -2.27. The molecule has 1 fully saturated rings. The first kappa shape index (κ1) is 12.4. The first-order valence-electron chi connectivity index (χ1n) is 6.60. The summed E-state index contributed by atoms with van der Waals surface area (Å²) in [7, 11) is 2.13. The Labute approximate surface area is 104 Å². The summed E-state index contributed by atoms with van der Waals surface area (Å²) in [4.78, 5) is 6.76. The Balaban J connectivity index is 2.09. The molecule has 0 bridgehead atoms. The summed E-state index contributed by atoms with van der Waals surface area (Å²) >= 11 is 0. The highest BCUT2D eigenvalue weighted by molar-refractivity contribution is 5.47. The summed E-state index contributed by atoms with van der Waals surface area (Å²) in [5.74, 6) is 1.89. The molecule has 1 aromatic rings. The average Bonchev–Trinajstić information content (AvgIpc) is 2.81. The van der Waals surface area contributed by atoms with Crippen LogP contribution in [-0.4, -0.2) is 18.6 Å². The van der Waals surface area contributed by atoms with Gasteiger partial charge in [0.1, 0.15) is 5.82 Å². The van der Waals surface area contributed by atoms with Gasteiger partial charge in [-0.1, -0.05) is 18.9 Å². The lowest BCUT2D eigenvalue weighted by molar-refractivity contribution is 0.543. The quantitative estimate of drug-likeness (QED) is 0.869. The zero-order valence-corrected chi connectivity index (χ0v) is 10.9. The maximum atomic E-state index is 5.99. The van der Waals surface area contributed by atoms with Gasteiger partial charge in [0.25, 0.3) is 0 Å². The Hall–Kier alpha value is -1.09. The van der Waals surface area contributed by atoms with E-state index in [2.05, 4.69) is 23.0 Å². The molecule has 3 nitrogen and oxygen atoms in total. The molecule has 0 amide bonds. The van der Waals surface area contributed by atoms with Crippen molar-refractivity contribution >= 4 is 5.82 Å². The molecular weight excluding hydrogens is 210 g/mol. The van der Waals surface area contributed by atoms with Crippen LogP contribution in [0.2, 0.25) is 0 Å². The van der Waals surface area contributed by atoms with E-state index in [0.717, 1.165) is 23.8 Å². The Morgan fingerprint density at radius 3 is 2.82 bits per heavy atom. The van der Waals surface area contributed by atoms with Crippen LogP contribution in [0.5, 0.6) is 0 Å². The van der Waals surface area contributed by atoms with E-state index in [-0.39, 0.29) is 6.04 Å². The molecule has 1 saturated carbocycles. The minimum Gasteiger partial charge on any atom is -0.359 e. The van der Waals surface area contributed by atoms with E-state index in [1.54, 1.807) is 0 Å². The molecule has 1 aliphatic rings. The molecule has 1 aromatic heterocycles. The van der Waals surface area contributed by atoms with Crippen molar-refractivity contribution in [1.82, 2.24) is 4.98 Å². The van der Waals surface area contributed by atoms with Crippen molar-refractivity contribution in [3.8, 4) is 0 Å². The second-order valence-corrected chi connectivity index (χ2v) is 5.24. The Morgan fingerprint density at radius 1 is 1.47 bits per heavy atom. The van der Waals surface area contributed by atoms with E-state index in [0.29, 0.717) is 0 Å². The predicted octanol–water partition coefficient (Wildman–Crippen LogP) is 2.73. The zero-order valence-electron chi connectivity index (χ0n) is 10.9. The van der Waals surface area contributed by atoms with Gasteiger partial charge in [-0.2, -0.15) is 0 Å². The van der Waals surface area contributed by atoms with Gasteiger partial charge in [-0.05, 0) is 31.7 Å². The SMILES string of the molecule is C[C@H](N)c1cccnc1N(C)CC1CCCC1. The molecular formula is C14H23N3. The third-order valence-electron chi connectivity index (χ3n) is 3.68.